The van der Waals surface area contributed by atoms with Gasteiger partial charge in [0.05, 0.1) is 28.1 Å². The molecule has 2 aromatic heterocycles. The van der Waals surface area contributed by atoms with Crippen molar-refractivity contribution in [1.82, 2.24) is 15.0 Å². The number of aromatic nitrogens is 3. The van der Waals surface area contributed by atoms with Crippen LogP contribution in [0.5, 0.6) is 0 Å². The van der Waals surface area contributed by atoms with Gasteiger partial charge in [-0.3, -0.25) is 9.69 Å². The summed E-state index contributed by atoms with van der Waals surface area (Å²) in [6.45, 7) is 8.02. The molecule has 0 unspecified atom stereocenters. The number of hydrogen-bond acceptors (Lipinski definition) is 5. The third-order valence-corrected chi connectivity index (χ3v) is 5.54. The van der Waals surface area contributed by atoms with Crippen LogP contribution in [0, 0.1) is 13.8 Å². The Balaban J connectivity index is 1.69. The van der Waals surface area contributed by atoms with Crippen molar-refractivity contribution >= 4 is 33.4 Å². The van der Waals surface area contributed by atoms with Crippen LogP contribution in [-0.4, -0.2) is 27.4 Å². The molecule has 0 fully saturated rings. The average molecular weight is 401 g/mol. The standard InChI is InChI=1S/C23H20N4OS/c1-4-12-27(23-26-21(14-29-23)17-8-6-5-7-9-17)22(28)18-10-11-19-20(13-18)25-16(3)15(2)24-19/h4-11,13-14H,1,12H2,2-3H3. The average Bonchev–Trinajstić information content (AvgIpc) is 3.22. The SMILES string of the molecule is C=CCN(C(=O)c1ccc2nc(C)c(C)nc2c1)c1nc(-c2ccccc2)cs1. The van der Waals surface area contributed by atoms with Gasteiger partial charge >= 0.3 is 0 Å². The Bertz CT molecular complexity index is 1200. The zero-order valence-corrected chi connectivity index (χ0v) is 17.1. The molecule has 2 aromatic carbocycles. The molecule has 0 saturated carbocycles. The molecule has 0 aliphatic rings. The van der Waals surface area contributed by atoms with Crippen molar-refractivity contribution in [3.8, 4) is 11.3 Å². The van der Waals surface area contributed by atoms with Crippen LogP contribution in [0.25, 0.3) is 22.3 Å². The van der Waals surface area contributed by atoms with Crippen molar-refractivity contribution < 1.29 is 4.79 Å². The number of hydrogen-bond donors (Lipinski definition) is 0. The van der Waals surface area contributed by atoms with Crippen LogP contribution in [0.2, 0.25) is 0 Å². The van der Waals surface area contributed by atoms with Crippen molar-refractivity contribution in [2.75, 3.05) is 11.4 Å². The van der Waals surface area contributed by atoms with Gasteiger partial charge < -0.3 is 0 Å². The predicted octanol–water partition coefficient (Wildman–Crippen LogP) is 5.20. The maximum Gasteiger partial charge on any atom is 0.260 e. The first-order chi connectivity index (χ1) is 14.1. The van der Waals surface area contributed by atoms with Gasteiger partial charge in [-0.2, -0.15) is 0 Å². The summed E-state index contributed by atoms with van der Waals surface area (Å²) in [5.41, 5.74) is 5.66. The largest absolute Gasteiger partial charge is 0.280 e. The van der Waals surface area contributed by atoms with E-state index in [9.17, 15) is 4.79 Å². The highest BCUT2D eigenvalue weighted by molar-refractivity contribution is 7.14. The number of anilines is 1. The second-order valence-electron chi connectivity index (χ2n) is 6.68. The molecule has 0 bridgehead atoms. The van der Waals surface area contributed by atoms with Crippen molar-refractivity contribution in [1.29, 1.82) is 0 Å². The van der Waals surface area contributed by atoms with Crippen LogP contribution >= 0.6 is 11.3 Å². The second-order valence-corrected chi connectivity index (χ2v) is 7.52. The highest BCUT2D eigenvalue weighted by Crippen LogP contribution is 2.28. The lowest BCUT2D eigenvalue weighted by Crippen LogP contribution is -2.31. The number of carbonyl (C=O) groups is 1. The van der Waals surface area contributed by atoms with Crippen LogP contribution in [0.3, 0.4) is 0 Å². The molecule has 0 aliphatic heterocycles. The Morgan fingerprint density at radius 1 is 1.03 bits per heavy atom. The number of aryl methyl sites for hydroxylation is 2. The van der Waals surface area contributed by atoms with Gasteiger partial charge in [-0.15, -0.1) is 17.9 Å². The molecule has 6 heteroatoms. The molecule has 29 heavy (non-hydrogen) atoms. The van der Waals surface area contributed by atoms with Crippen LogP contribution in [-0.2, 0) is 0 Å². The summed E-state index contributed by atoms with van der Waals surface area (Å²) in [6.07, 6.45) is 1.70. The molecular formula is C23H20N4OS. The highest BCUT2D eigenvalue weighted by Gasteiger charge is 2.21. The van der Waals surface area contributed by atoms with Crippen LogP contribution in [0.1, 0.15) is 21.7 Å². The smallest absolute Gasteiger partial charge is 0.260 e. The minimum atomic E-state index is -0.138. The molecule has 0 radical (unpaired) electrons. The van der Waals surface area contributed by atoms with Crippen LogP contribution in [0.4, 0.5) is 5.13 Å². The van der Waals surface area contributed by atoms with E-state index in [0.29, 0.717) is 22.8 Å². The molecule has 1 amide bonds. The molecule has 0 N–H and O–H groups in total. The summed E-state index contributed by atoms with van der Waals surface area (Å²) in [4.78, 5) is 28.7. The highest BCUT2D eigenvalue weighted by atomic mass is 32.1. The van der Waals surface area contributed by atoms with E-state index in [1.165, 1.54) is 11.3 Å². The van der Waals surface area contributed by atoms with Gasteiger partial charge in [-0.25, -0.2) is 15.0 Å². The quantitative estimate of drug-likeness (QED) is 0.432. The van der Waals surface area contributed by atoms with E-state index < -0.39 is 0 Å². The van der Waals surface area contributed by atoms with Crippen molar-refractivity contribution in [3.05, 3.63) is 83.5 Å². The van der Waals surface area contributed by atoms with Gasteiger partial charge in [0, 0.05) is 23.1 Å². The first-order valence-corrected chi connectivity index (χ1v) is 10.1. The number of rotatable bonds is 5. The molecule has 144 valence electrons. The minimum absolute atomic E-state index is 0.138. The Kier molecular flexibility index (Phi) is 5.18. The normalized spacial score (nSPS) is 10.8. The first kappa shape index (κ1) is 19.0. The van der Waals surface area contributed by atoms with Crippen LogP contribution < -0.4 is 4.90 Å². The van der Waals surface area contributed by atoms with E-state index in [1.54, 1.807) is 23.1 Å². The lowest BCUT2D eigenvalue weighted by atomic mass is 10.1. The van der Waals surface area contributed by atoms with E-state index in [0.717, 1.165) is 28.2 Å². The van der Waals surface area contributed by atoms with Gasteiger partial charge in [0.2, 0.25) is 0 Å². The summed E-state index contributed by atoms with van der Waals surface area (Å²) < 4.78 is 0. The Labute approximate surface area is 173 Å². The van der Waals surface area contributed by atoms with Gasteiger partial charge in [0.25, 0.3) is 5.91 Å². The summed E-state index contributed by atoms with van der Waals surface area (Å²) in [7, 11) is 0. The molecule has 0 atom stereocenters. The molecule has 4 rings (SSSR count). The Hall–Kier alpha value is -3.38. The fraction of sp³-hybridized carbons (Fsp3) is 0.130. The minimum Gasteiger partial charge on any atom is -0.280 e. The maximum absolute atomic E-state index is 13.3. The third-order valence-electron chi connectivity index (χ3n) is 4.67. The Morgan fingerprint density at radius 3 is 2.48 bits per heavy atom. The van der Waals surface area contributed by atoms with E-state index in [1.807, 2.05) is 55.6 Å². The maximum atomic E-state index is 13.3. The number of amides is 1. The van der Waals surface area contributed by atoms with Crippen molar-refractivity contribution in [2.45, 2.75) is 13.8 Å². The fourth-order valence-electron chi connectivity index (χ4n) is 3.03. The zero-order chi connectivity index (χ0) is 20.4. The monoisotopic (exact) mass is 400 g/mol. The lowest BCUT2D eigenvalue weighted by Gasteiger charge is -2.18. The zero-order valence-electron chi connectivity index (χ0n) is 16.3. The number of benzene rings is 2. The molecule has 5 nitrogen and oxygen atoms in total. The van der Waals surface area contributed by atoms with Crippen LogP contribution in [0.15, 0.2) is 66.6 Å². The lowest BCUT2D eigenvalue weighted by molar-refractivity contribution is 0.0990. The number of nitrogens with zero attached hydrogens (tertiary/aromatic N) is 4. The summed E-state index contributed by atoms with van der Waals surface area (Å²) >= 11 is 1.44. The molecule has 2 heterocycles. The van der Waals surface area contributed by atoms with E-state index in [2.05, 4.69) is 21.5 Å². The van der Waals surface area contributed by atoms with Gasteiger partial charge in [-0.05, 0) is 32.0 Å². The van der Waals surface area contributed by atoms with Gasteiger partial charge in [-0.1, -0.05) is 36.4 Å². The number of fused-ring (bicyclic) bond motifs is 1. The second kappa shape index (κ2) is 7.93. The van der Waals surface area contributed by atoms with Gasteiger partial charge in [0.1, 0.15) is 0 Å². The number of carbonyl (C=O) groups excluding carboxylic acids is 1. The molecular weight excluding hydrogens is 380 g/mol. The third kappa shape index (κ3) is 3.79. The van der Waals surface area contributed by atoms with E-state index in [-0.39, 0.29) is 5.91 Å². The molecule has 0 aliphatic carbocycles. The van der Waals surface area contributed by atoms with E-state index in [4.69, 9.17) is 0 Å². The predicted molar refractivity (Wildman–Crippen MR) is 118 cm³/mol. The molecule has 0 saturated heterocycles. The topological polar surface area (TPSA) is 59.0 Å². The van der Waals surface area contributed by atoms with Gasteiger partial charge in [0.15, 0.2) is 5.13 Å². The Morgan fingerprint density at radius 2 is 1.76 bits per heavy atom. The summed E-state index contributed by atoms with van der Waals surface area (Å²) in [6, 6.07) is 15.3. The molecule has 4 aromatic rings. The van der Waals surface area contributed by atoms with E-state index >= 15 is 0 Å². The summed E-state index contributed by atoms with van der Waals surface area (Å²) in [5, 5.41) is 2.60. The first-order valence-electron chi connectivity index (χ1n) is 9.25. The van der Waals surface area contributed by atoms with Crippen molar-refractivity contribution in [3.63, 3.8) is 0 Å². The fourth-order valence-corrected chi connectivity index (χ4v) is 3.87. The number of thiazole rings is 1. The summed E-state index contributed by atoms with van der Waals surface area (Å²) in [5.74, 6) is -0.138. The molecule has 0 spiro atoms. The van der Waals surface area contributed by atoms with Crippen molar-refractivity contribution in [2.24, 2.45) is 0 Å².